The molecule has 0 saturated heterocycles. The van der Waals surface area contributed by atoms with Crippen molar-refractivity contribution in [3.8, 4) is 0 Å². The molecule has 0 aliphatic heterocycles. The molecule has 27 heavy (non-hydrogen) atoms. The quantitative estimate of drug-likeness (QED) is 0.308. The summed E-state index contributed by atoms with van der Waals surface area (Å²) in [6.45, 7) is 21.6. The smallest absolute Gasteiger partial charge is 0 e. The number of carbonyl (C=O) groups excluding carboxylic acids is 1. The number of hydrogen-bond donors (Lipinski definition) is 0. The summed E-state index contributed by atoms with van der Waals surface area (Å²) in [6.07, 6.45) is 5.34. The van der Waals surface area contributed by atoms with Gasteiger partial charge in [-0.15, -0.1) is 0 Å². The third kappa shape index (κ3) is 79.7. The minimum absolute atomic E-state index is 0. The minimum atomic E-state index is 0. The maximum absolute atomic E-state index is 9.53. The van der Waals surface area contributed by atoms with Crippen molar-refractivity contribution in [2.75, 3.05) is 0 Å². The second kappa shape index (κ2) is 74.5. The second-order valence-corrected chi connectivity index (χ2v) is 2.82. The molecule has 0 aliphatic carbocycles. The zero-order chi connectivity index (χ0) is 20.6. The average molecular weight is 444 g/mol. The molecule has 0 aromatic heterocycles. The Labute approximate surface area is 183 Å². The molecule has 0 spiro atoms. The van der Waals surface area contributed by atoms with E-state index in [1.807, 2.05) is 6.29 Å². The zero-order valence-electron chi connectivity index (χ0n) is 13.9. The van der Waals surface area contributed by atoms with Gasteiger partial charge in [0.1, 0.15) is 0 Å². The van der Waals surface area contributed by atoms with Crippen LogP contribution in [0.4, 0.5) is 0 Å². The summed E-state index contributed by atoms with van der Waals surface area (Å²) < 4.78 is 30.0. The van der Waals surface area contributed by atoms with Crippen LogP contribution in [0, 0.1) is 82.1 Å². The fourth-order valence-corrected chi connectivity index (χ4v) is 0.735. The van der Waals surface area contributed by atoms with Crippen LogP contribution in [0.2, 0.25) is 0 Å². The van der Waals surface area contributed by atoms with Crippen LogP contribution in [0.25, 0.3) is 0 Å². The molecule has 0 N–H and O–H groups in total. The van der Waals surface area contributed by atoms with E-state index < -0.39 is 0 Å². The number of unbranched alkanes of at least 4 members (excludes halogenated alkanes) is 3. The van der Waals surface area contributed by atoms with Crippen molar-refractivity contribution in [3.05, 3.63) is 94.2 Å². The van der Waals surface area contributed by atoms with Crippen molar-refractivity contribution in [1.29, 1.82) is 0 Å². The monoisotopic (exact) mass is 444 g/mol. The van der Waals surface area contributed by atoms with E-state index in [0.717, 1.165) is 19.3 Å². The van der Waals surface area contributed by atoms with Gasteiger partial charge in [-0.1, -0.05) is 12.8 Å². The van der Waals surface area contributed by atoms with Gasteiger partial charge in [-0.05, 0) is 0 Å². The molecule has 7 heteroatoms. The van der Waals surface area contributed by atoms with E-state index in [9.17, 15) is 4.79 Å². The molecule has 0 bridgehead atoms. The summed E-state index contributed by atoms with van der Waals surface area (Å²) in [7, 11) is 0. The maximum Gasteiger partial charge on any atom is 0 e. The van der Waals surface area contributed by atoms with E-state index in [1.165, 1.54) is 0 Å². The molecule has 0 heterocycles. The van der Waals surface area contributed by atoms with Crippen LogP contribution < -0.4 is 0 Å². The third-order valence-corrected chi connectivity index (χ3v) is 1.48. The van der Waals surface area contributed by atoms with Gasteiger partial charge in [0.05, 0.1) is 0 Å². The molecule has 5 nitrogen and oxygen atoms in total. The van der Waals surface area contributed by atoms with Gasteiger partial charge in [-0.3, -0.25) is 6.29 Å². The van der Waals surface area contributed by atoms with Crippen molar-refractivity contribution in [1.82, 2.24) is 0 Å². The van der Waals surface area contributed by atoms with Crippen LogP contribution in [0.3, 0.4) is 0 Å². The van der Waals surface area contributed by atoms with Crippen molar-refractivity contribution >= 4 is 6.29 Å². The summed E-state index contributed by atoms with van der Waals surface area (Å²) in [6, 6.07) is 24.0. The molecule has 2 rings (SSSR count). The summed E-state index contributed by atoms with van der Waals surface area (Å²) in [4.78, 5) is 9.53. The molecule has 0 aliphatic rings. The number of rotatable bonds is 4. The normalized spacial score (nSPS) is 5.52. The van der Waals surface area contributed by atoms with Crippen molar-refractivity contribution in [2.45, 2.75) is 25.7 Å². The molecule has 0 atom stereocenters. The molecule has 0 fully saturated rings. The van der Waals surface area contributed by atoms with Gasteiger partial charge < -0.3 is 72.4 Å². The summed E-state index contributed by atoms with van der Waals surface area (Å²) in [5, 5.41) is 0. The minimum Gasteiger partial charge on any atom is -0.999 e. The Bertz CT molecular complexity index is 373. The number of hydrogen-bond acceptors (Lipinski definition) is 1. The SMILES string of the molecule is [C-]#[O+].[C-]#[O+].[C-]#[O+].[C-]#[O+].[CH2-]CCCC[C-]=O.[Fe].[Fe].[c-]1[c-][c-][cH-][c-]1.[c-]1[c-][c-][cH-][c-]1. The zero-order valence-corrected chi connectivity index (χ0v) is 16.1. The van der Waals surface area contributed by atoms with Crippen molar-refractivity contribution < 1.29 is 57.5 Å². The predicted octanol–water partition coefficient (Wildman–Crippen LogP) is 2.55. The summed E-state index contributed by atoms with van der Waals surface area (Å²) in [5.74, 6) is 0. The molecule has 150 valence electrons. The third-order valence-electron chi connectivity index (χ3n) is 1.48. The fraction of sp³-hybridized carbons (Fsp3) is 0.200. The van der Waals surface area contributed by atoms with Crippen LogP contribution in [0.15, 0.2) is 12.1 Å². The van der Waals surface area contributed by atoms with Crippen LogP contribution in [-0.2, 0) is 57.5 Å². The Morgan fingerprint density at radius 1 is 0.704 bits per heavy atom. The largest absolute Gasteiger partial charge is 0.999 e. The van der Waals surface area contributed by atoms with E-state index in [2.05, 4.69) is 82.1 Å². The van der Waals surface area contributed by atoms with E-state index in [-0.39, 0.29) is 34.1 Å². The molecule has 2 aromatic rings. The standard InChI is InChI=1S/C6H10O.2C5H.4CO.2Fe/c1-2-3-4-5-6-7;2*1-2-4-5-3-1;4*1-2;;/h1-5H2;2*1H;;;;;;/q-2;2*-5;;;;;;. The van der Waals surface area contributed by atoms with E-state index in [0.29, 0.717) is 6.42 Å². The predicted molar refractivity (Wildman–Crippen MR) is 80.0 cm³/mol. The van der Waals surface area contributed by atoms with Crippen LogP contribution in [0.5, 0.6) is 0 Å². The Morgan fingerprint density at radius 2 is 1.00 bits per heavy atom. The van der Waals surface area contributed by atoms with Gasteiger partial charge in [0, 0.05) is 34.1 Å². The fourth-order valence-electron chi connectivity index (χ4n) is 0.735. The molecule has 2 aromatic carbocycles. The Hall–Kier alpha value is -1.63. The Balaban J connectivity index is -0.0000000366. The van der Waals surface area contributed by atoms with Crippen LogP contribution in [-0.4, -0.2) is 6.29 Å². The maximum atomic E-state index is 9.53. The first kappa shape index (κ1) is 44.6. The summed E-state index contributed by atoms with van der Waals surface area (Å²) >= 11 is 0. The van der Waals surface area contributed by atoms with Gasteiger partial charge in [0.15, 0.2) is 0 Å². The van der Waals surface area contributed by atoms with Crippen molar-refractivity contribution in [2.24, 2.45) is 0 Å². The van der Waals surface area contributed by atoms with E-state index in [1.54, 1.807) is 12.1 Å². The summed E-state index contributed by atoms with van der Waals surface area (Å²) in [5.41, 5.74) is 0. The molecule has 0 radical (unpaired) electrons. The van der Waals surface area contributed by atoms with Crippen LogP contribution >= 0.6 is 0 Å². The van der Waals surface area contributed by atoms with Gasteiger partial charge in [0.2, 0.25) is 0 Å². The molecule has 0 amide bonds. The molecule has 0 unspecified atom stereocenters. The van der Waals surface area contributed by atoms with Gasteiger partial charge in [-0.25, -0.2) is 0 Å². The van der Waals surface area contributed by atoms with Crippen LogP contribution in [0.1, 0.15) is 25.7 Å². The van der Waals surface area contributed by atoms with Crippen molar-refractivity contribution in [3.63, 3.8) is 0 Å². The first-order valence-corrected chi connectivity index (χ1v) is 6.03. The van der Waals surface area contributed by atoms with Gasteiger partial charge >= 0.3 is 45.2 Å². The first-order valence-electron chi connectivity index (χ1n) is 6.03. The topological polar surface area (TPSA) is 96.7 Å². The van der Waals surface area contributed by atoms with Gasteiger partial charge in [-0.2, -0.15) is 12.8 Å². The molecular weight excluding hydrogens is 432 g/mol. The molecular formula is C20H12Fe2O5-12. The Morgan fingerprint density at radius 3 is 1.15 bits per heavy atom. The second-order valence-electron chi connectivity index (χ2n) is 2.82. The van der Waals surface area contributed by atoms with E-state index >= 15 is 0 Å². The van der Waals surface area contributed by atoms with E-state index in [4.69, 9.17) is 18.6 Å². The van der Waals surface area contributed by atoms with Gasteiger partial charge in [0.25, 0.3) is 0 Å². The Kier molecular flexibility index (Phi) is 123. The first-order chi connectivity index (χ1) is 12.4. The molecule has 0 saturated carbocycles. The average Bonchev–Trinajstić information content (AvgIpc) is 3.47.